The fraction of sp³-hybridized carbons (Fsp3) is 0.333. The molecule has 0 unspecified atom stereocenters. The quantitative estimate of drug-likeness (QED) is 0.618. The molecule has 0 radical (unpaired) electrons. The molecule has 1 aromatic heterocycles. The second kappa shape index (κ2) is 8.12. The molecule has 0 aliphatic carbocycles. The van der Waals surface area contributed by atoms with Crippen molar-refractivity contribution in [1.29, 1.82) is 0 Å². The van der Waals surface area contributed by atoms with E-state index in [1.54, 1.807) is 12.1 Å². The number of rotatable bonds is 4. The van der Waals surface area contributed by atoms with Gasteiger partial charge in [0.2, 0.25) is 0 Å². The van der Waals surface area contributed by atoms with E-state index in [1.165, 1.54) is 17.4 Å². The number of hydrogen-bond donors (Lipinski definition) is 2. The summed E-state index contributed by atoms with van der Waals surface area (Å²) in [6.07, 6.45) is -2.13. The molecule has 2 heterocycles. The van der Waals surface area contributed by atoms with Crippen molar-refractivity contribution < 1.29 is 18.0 Å². The zero-order valence-corrected chi connectivity index (χ0v) is 16.4. The predicted octanol–water partition coefficient (Wildman–Crippen LogP) is 5.11. The normalized spacial score (nSPS) is 15.6. The Bertz CT molecular complexity index is 992. The Hall–Kier alpha value is -2.45. The third-order valence-electron chi connectivity index (χ3n) is 5.13. The number of carbonyl (C=O) groups is 1. The van der Waals surface area contributed by atoms with Crippen LogP contribution in [0.1, 0.15) is 34.3 Å². The van der Waals surface area contributed by atoms with Crippen LogP contribution in [0.5, 0.6) is 0 Å². The Morgan fingerprint density at radius 3 is 2.66 bits per heavy atom. The van der Waals surface area contributed by atoms with Gasteiger partial charge in [0, 0.05) is 0 Å². The van der Waals surface area contributed by atoms with Gasteiger partial charge >= 0.3 is 6.18 Å². The molecule has 0 bridgehead atoms. The number of thiazole rings is 1. The first kappa shape index (κ1) is 19.8. The largest absolute Gasteiger partial charge is 0.417 e. The number of alkyl halides is 3. The van der Waals surface area contributed by atoms with Crippen molar-refractivity contribution in [1.82, 2.24) is 10.3 Å². The summed E-state index contributed by atoms with van der Waals surface area (Å²) < 4.78 is 41.9. The maximum absolute atomic E-state index is 13.7. The highest BCUT2D eigenvalue weighted by molar-refractivity contribution is 7.22. The Labute approximate surface area is 170 Å². The van der Waals surface area contributed by atoms with Crippen molar-refractivity contribution in [2.24, 2.45) is 5.92 Å². The molecule has 1 fully saturated rings. The zero-order chi connectivity index (χ0) is 20.4. The molecule has 1 amide bonds. The highest BCUT2D eigenvalue weighted by atomic mass is 32.1. The number of anilines is 1. The number of halogens is 3. The van der Waals surface area contributed by atoms with Crippen LogP contribution in [0.25, 0.3) is 10.2 Å². The van der Waals surface area contributed by atoms with E-state index in [4.69, 9.17) is 0 Å². The molecule has 2 N–H and O–H groups in total. The van der Waals surface area contributed by atoms with Gasteiger partial charge in [0.05, 0.1) is 21.3 Å². The number of nitrogens with zero attached hydrogens (tertiary/aromatic N) is 1. The molecule has 0 spiro atoms. The third-order valence-corrected chi connectivity index (χ3v) is 6.08. The van der Waals surface area contributed by atoms with Gasteiger partial charge in [-0.25, -0.2) is 4.98 Å². The van der Waals surface area contributed by atoms with Gasteiger partial charge in [0.25, 0.3) is 5.91 Å². The van der Waals surface area contributed by atoms with Crippen molar-refractivity contribution in [3.8, 4) is 0 Å². The van der Waals surface area contributed by atoms with E-state index in [9.17, 15) is 18.0 Å². The Kier molecular flexibility index (Phi) is 5.56. The first-order chi connectivity index (χ1) is 13.9. The summed E-state index contributed by atoms with van der Waals surface area (Å²) in [7, 11) is 0. The molecule has 3 aromatic rings. The van der Waals surface area contributed by atoms with Gasteiger partial charge < -0.3 is 5.32 Å². The minimum Gasteiger partial charge on any atom is -0.317 e. The molecular formula is C21H20F3N3OS. The van der Waals surface area contributed by atoms with Crippen LogP contribution in [0.3, 0.4) is 0 Å². The van der Waals surface area contributed by atoms with Gasteiger partial charge in [-0.05, 0) is 68.1 Å². The van der Waals surface area contributed by atoms with Crippen LogP contribution in [0.15, 0.2) is 42.5 Å². The van der Waals surface area contributed by atoms with Gasteiger partial charge in [-0.2, -0.15) is 13.2 Å². The molecule has 1 saturated heterocycles. The van der Waals surface area contributed by atoms with E-state index >= 15 is 0 Å². The summed E-state index contributed by atoms with van der Waals surface area (Å²) in [4.78, 5) is 16.9. The lowest BCUT2D eigenvalue weighted by Crippen LogP contribution is -2.28. The number of hydrogen-bond acceptors (Lipinski definition) is 4. The molecule has 4 nitrogen and oxygen atoms in total. The Morgan fingerprint density at radius 1 is 1.17 bits per heavy atom. The van der Waals surface area contributed by atoms with Crippen molar-refractivity contribution in [2.45, 2.75) is 25.4 Å². The number of nitrogens with one attached hydrogen (secondary N) is 2. The standard InChI is InChI=1S/C21H20F3N3OS/c22-21(23,24)16-12-14(11-13-7-9-25-10-8-13)5-6-15(16)19(28)27-20-26-17-3-1-2-4-18(17)29-20/h1-6,12-13,25H,7-11H2,(H,26,27,28). The molecule has 1 aliphatic rings. The molecule has 1 aliphatic heterocycles. The number of aromatic nitrogens is 1. The smallest absolute Gasteiger partial charge is 0.317 e. The summed E-state index contributed by atoms with van der Waals surface area (Å²) in [5, 5.41) is 6.06. The SMILES string of the molecule is O=C(Nc1nc2ccccc2s1)c1ccc(CC2CCNCC2)cc1C(F)(F)F. The lowest BCUT2D eigenvalue weighted by atomic mass is 9.89. The lowest BCUT2D eigenvalue weighted by molar-refractivity contribution is -0.137. The maximum atomic E-state index is 13.7. The fourth-order valence-corrected chi connectivity index (χ4v) is 4.52. The molecule has 0 atom stereocenters. The van der Waals surface area contributed by atoms with Crippen LogP contribution in [-0.4, -0.2) is 24.0 Å². The van der Waals surface area contributed by atoms with Gasteiger partial charge in [0.15, 0.2) is 5.13 Å². The average Bonchev–Trinajstić information content (AvgIpc) is 3.10. The van der Waals surface area contributed by atoms with E-state index in [-0.39, 0.29) is 10.7 Å². The highest BCUT2D eigenvalue weighted by Gasteiger charge is 2.36. The summed E-state index contributed by atoms with van der Waals surface area (Å²) in [6.45, 7) is 1.78. The number of benzene rings is 2. The van der Waals surface area contributed by atoms with Crippen LogP contribution >= 0.6 is 11.3 Å². The summed E-state index contributed by atoms with van der Waals surface area (Å²) in [6, 6.07) is 11.3. The summed E-state index contributed by atoms with van der Waals surface area (Å²) in [5.41, 5.74) is 0.0234. The molecule has 4 rings (SSSR count). The zero-order valence-electron chi connectivity index (χ0n) is 15.6. The number of fused-ring (bicyclic) bond motifs is 1. The van der Waals surface area contributed by atoms with Crippen molar-refractivity contribution in [2.75, 3.05) is 18.4 Å². The Balaban J connectivity index is 1.58. The second-order valence-corrected chi connectivity index (χ2v) is 8.25. The van der Waals surface area contributed by atoms with E-state index in [2.05, 4.69) is 15.6 Å². The highest BCUT2D eigenvalue weighted by Crippen LogP contribution is 2.34. The second-order valence-electron chi connectivity index (χ2n) is 7.22. The predicted molar refractivity (Wildman–Crippen MR) is 108 cm³/mol. The minimum absolute atomic E-state index is 0.281. The van der Waals surface area contributed by atoms with Crippen LogP contribution in [0, 0.1) is 5.92 Å². The number of para-hydroxylation sites is 1. The molecule has 8 heteroatoms. The van der Waals surface area contributed by atoms with Crippen molar-refractivity contribution in [3.63, 3.8) is 0 Å². The van der Waals surface area contributed by atoms with Gasteiger partial charge in [0.1, 0.15) is 0 Å². The van der Waals surface area contributed by atoms with Crippen LogP contribution < -0.4 is 10.6 Å². The van der Waals surface area contributed by atoms with Crippen molar-refractivity contribution >= 4 is 32.6 Å². The fourth-order valence-electron chi connectivity index (χ4n) is 3.66. The molecule has 0 saturated carbocycles. The van der Waals surface area contributed by atoms with E-state index < -0.39 is 17.6 Å². The van der Waals surface area contributed by atoms with Crippen molar-refractivity contribution in [3.05, 3.63) is 59.2 Å². The van der Waals surface area contributed by atoms with E-state index in [0.29, 0.717) is 23.4 Å². The first-order valence-electron chi connectivity index (χ1n) is 9.48. The van der Waals surface area contributed by atoms with Gasteiger partial charge in [-0.3, -0.25) is 10.1 Å². The first-order valence-corrected chi connectivity index (χ1v) is 10.3. The number of carbonyl (C=O) groups excluding carboxylic acids is 1. The topological polar surface area (TPSA) is 54.0 Å². The summed E-state index contributed by atoms with van der Waals surface area (Å²) >= 11 is 1.23. The van der Waals surface area contributed by atoms with Crippen LogP contribution in [0.4, 0.5) is 18.3 Å². The Morgan fingerprint density at radius 2 is 1.93 bits per heavy atom. The lowest BCUT2D eigenvalue weighted by Gasteiger charge is -2.23. The third kappa shape index (κ3) is 4.59. The monoisotopic (exact) mass is 419 g/mol. The van der Waals surface area contributed by atoms with E-state index in [1.807, 2.05) is 18.2 Å². The maximum Gasteiger partial charge on any atom is 0.417 e. The van der Waals surface area contributed by atoms with Crippen LogP contribution in [-0.2, 0) is 12.6 Å². The van der Waals surface area contributed by atoms with Gasteiger partial charge in [-0.15, -0.1) is 0 Å². The summed E-state index contributed by atoms with van der Waals surface area (Å²) in [5.74, 6) is -0.440. The minimum atomic E-state index is -4.61. The average molecular weight is 419 g/mol. The van der Waals surface area contributed by atoms with Gasteiger partial charge in [-0.1, -0.05) is 29.5 Å². The number of piperidine rings is 1. The molecule has 152 valence electrons. The molecule has 29 heavy (non-hydrogen) atoms. The number of amides is 1. The molecular weight excluding hydrogens is 399 g/mol. The molecule has 2 aromatic carbocycles. The van der Waals surface area contributed by atoms with E-state index in [0.717, 1.165) is 36.7 Å². The van der Waals surface area contributed by atoms with Crippen LogP contribution in [0.2, 0.25) is 0 Å².